The van der Waals surface area contributed by atoms with Crippen LogP contribution in [0.1, 0.15) is 167 Å². The Kier molecular flexibility index (Phi) is 15.2. The minimum absolute atomic E-state index is 0.386. The second kappa shape index (κ2) is 15.2. The van der Waals surface area contributed by atoms with Gasteiger partial charge in [-0.15, -0.1) is 0 Å². The van der Waals surface area contributed by atoms with Crippen molar-refractivity contribution in [2.45, 2.75) is 167 Å². The van der Waals surface area contributed by atoms with Crippen LogP contribution in [0, 0.1) is 45.8 Å². The minimum atomic E-state index is 0.386. The van der Waals surface area contributed by atoms with Gasteiger partial charge in [-0.3, -0.25) is 0 Å². The molecule has 33 heavy (non-hydrogen) atoms. The molecule has 0 aliphatic carbocycles. The standard InChI is InChI=1S/C33H68/c1-14-19-27(6)29(8)28(7)20-17-18-21-30(23-26(4)5)24-33(13,16-3)25-32(11,12)31(9,10)22-15-2/h26-30H,14-25H2,1-13H3. The fourth-order valence-electron chi connectivity index (χ4n) is 6.72. The van der Waals surface area contributed by atoms with Crippen molar-refractivity contribution < 1.29 is 0 Å². The highest BCUT2D eigenvalue weighted by Gasteiger charge is 2.41. The van der Waals surface area contributed by atoms with Gasteiger partial charge >= 0.3 is 0 Å². The van der Waals surface area contributed by atoms with Crippen molar-refractivity contribution in [2.24, 2.45) is 45.8 Å². The van der Waals surface area contributed by atoms with Crippen LogP contribution in [-0.2, 0) is 0 Å². The average Bonchev–Trinajstić information content (AvgIpc) is 2.69. The van der Waals surface area contributed by atoms with Crippen LogP contribution in [0.3, 0.4) is 0 Å². The highest BCUT2D eigenvalue weighted by Crippen LogP contribution is 2.52. The Morgan fingerprint density at radius 3 is 1.67 bits per heavy atom. The molecule has 0 spiro atoms. The van der Waals surface area contributed by atoms with E-state index in [1.54, 1.807) is 0 Å². The van der Waals surface area contributed by atoms with Crippen molar-refractivity contribution in [3.63, 3.8) is 0 Å². The van der Waals surface area contributed by atoms with E-state index < -0.39 is 0 Å². The molecule has 0 bridgehead atoms. The Labute approximate surface area is 212 Å². The summed E-state index contributed by atoms with van der Waals surface area (Å²) in [7, 11) is 0. The fourth-order valence-corrected chi connectivity index (χ4v) is 6.72. The van der Waals surface area contributed by atoms with E-state index in [1.165, 1.54) is 77.0 Å². The maximum Gasteiger partial charge on any atom is -0.0298 e. The van der Waals surface area contributed by atoms with Gasteiger partial charge in [-0.05, 0) is 71.5 Å². The molecular weight excluding hydrogens is 396 g/mol. The first-order valence-corrected chi connectivity index (χ1v) is 15.1. The predicted molar refractivity (Wildman–Crippen MR) is 154 cm³/mol. The minimum Gasteiger partial charge on any atom is -0.0654 e. The third-order valence-electron chi connectivity index (χ3n) is 10.1. The molecule has 0 saturated carbocycles. The average molecular weight is 465 g/mol. The Morgan fingerprint density at radius 1 is 0.636 bits per heavy atom. The third kappa shape index (κ3) is 12.0. The largest absolute Gasteiger partial charge is 0.0654 e. The van der Waals surface area contributed by atoms with E-state index in [-0.39, 0.29) is 0 Å². The molecule has 0 aliphatic heterocycles. The second-order valence-corrected chi connectivity index (χ2v) is 14.4. The van der Waals surface area contributed by atoms with Crippen LogP contribution < -0.4 is 0 Å². The first-order chi connectivity index (χ1) is 15.1. The molecule has 0 rings (SSSR count). The predicted octanol–water partition coefficient (Wildman–Crippen LogP) is 12.0. The summed E-state index contributed by atoms with van der Waals surface area (Å²) in [4.78, 5) is 0. The van der Waals surface area contributed by atoms with Crippen LogP contribution in [-0.4, -0.2) is 0 Å². The molecule has 0 nitrogen and oxygen atoms in total. The molecule has 0 radical (unpaired) electrons. The van der Waals surface area contributed by atoms with Gasteiger partial charge < -0.3 is 0 Å². The highest BCUT2D eigenvalue weighted by molar-refractivity contribution is 4.92. The van der Waals surface area contributed by atoms with Crippen LogP contribution in [0.2, 0.25) is 0 Å². The smallest absolute Gasteiger partial charge is 0.0298 e. The number of hydrogen-bond donors (Lipinski definition) is 0. The van der Waals surface area contributed by atoms with Crippen molar-refractivity contribution in [3.05, 3.63) is 0 Å². The van der Waals surface area contributed by atoms with Crippen LogP contribution in [0.4, 0.5) is 0 Å². The molecule has 0 heterocycles. The number of hydrogen-bond acceptors (Lipinski definition) is 0. The van der Waals surface area contributed by atoms with E-state index in [4.69, 9.17) is 0 Å². The van der Waals surface area contributed by atoms with E-state index in [1.807, 2.05) is 0 Å². The third-order valence-corrected chi connectivity index (χ3v) is 10.1. The summed E-state index contributed by atoms with van der Waals surface area (Å²) >= 11 is 0. The lowest BCUT2D eigenvalue weighted by Gasteiger charge is -2.48. The van der Waals surface area contributed by atoms with Crippen LogP contribution in [0.5, 0.6) is 0 Å². The van der Waals surface area contributed by atoms with Crippen molar-refractivity contribution >= 4 is 0 Å². The van der Waals surface area contributed by atoms with E-state index in [0.29, 0.717) is 16.2 Å². The normalized spacial score (nSPS) is 18.7. The molecule has 0 amide bonds. The summed E-state index contributed by atoms with van der Waals surface area (Å²) in [5, 5.41) is 0. The number of unbranched alkanes of at least 4 members (excludes halogenated alkanes) is 1. The Hall–Kier alpha value is 0. The summed E-state index contributed by atoms with van der Waals surface area (Å²) in [6.07, 6.45) is 16.6. The van der Waals surface area contributed by atoms with Gasteiger partial charge in [0.05, 0.1) is 0 Å². The molecule has 200 valence electrons. The molecular formula is C33H68. The van der Waals surface area contributed by atoms with Gasteiger partial charge in [0.25, 0.3) is 0 Å². The monoisotopic (exact) mass is 465 g/mol. The lowest BCUT2D eigenvalue weighted by atomic mass is 9.57. The summed E-state index contributed by atoms with van der Waals surface area (Å²) in [5.41, 5.74) is 1.26. The van der Waals surface area contributed by atoms with Crippen molar-refractivity contribution in [1.82, 2.24) is 0 Å². The van der Waals surface area contributed by atoms with E-state index in [0.717, 1.165) is 29.6 Å². The maximum absolute atomic E-state index is 2.61. The van der Waals surface area contributed by atoms with E-state index in [9.17, 15) is 0 Å². The lowest BCUT2D eigenvalue weighted by molar-refractivity contribution is 0.0240. The molecule has 0 aromatic carbocycles. The molecule has 0 aromatic rings. The van der Waals surface area contributed by atoms with Gasteiger partial charge in [0.2, 0.25) is 0 Å². The molecule has 0 aliphatic rings. The quantitative estimate of drug-likeness (QED) is 0.167. The highest BCUT2D eigenvalue weighted by atomic mass is 14.5. The number of rotatable bonds is 19. The van der Waals surface area contributed by atoms with E-state index in [2.05, 4.69) is 90.0 Å². The molecule has 0 N–H and O–H groups in total. The van der Waals surface area contributed by atoms with E-state index >= 15 is 0 Å². The van der Waals surface area contributed by atoms with Crippen molar-refractivity contribution in [1.29, 1.82) is 0 Å². The lowest BCUT2D eigenvalue weighted by Crippen LogP contribution is -2.38. The van der Waals surface area contributed by atoms with Gasteiger partial charge in [-0.25, -0.2) is 0 Å². The summed E-state index contributed by atoms with van der Waals surface area (Å²) in [6.45, 7) is 32.2. The van der Waals surface area contributed by atoms with Crippen molar-refractivity contribution in [3.8, 4) is 0 Å². The molecule has 0 heteroatoms. The van der Waals surface area contributed by atoms with Gasteiger partial charge in [-0.1, -0.05) is 141 Å². The van der Waals surface area contributed by atoms with Gasteiger partial charge in [0.1, 0.15) is 0 Å². The van der Waals surface area contributed by atoms with Gasteiger partial charge in [-0.2, -0.15) is 0 Å². The Morgan fingerprint density at radius 2 is 1.18 bits per heavy atom. The topological polar surface area (TPSA) is 0 Å². The summed E-state index contributed by atoms with van der Waals surface area (Å²) in [5.74, 6) is 4.33. The molecule has 0 fully saturated rings. The Balaban J connectivity index is 5.02. The van der Waals surface area contributed by atoms with Crippen LogP contribution in [0.25, 0.3) is 0 Å². The first kappa shape index (κ1) is 33.0. The molecule has 0 saturated heterocycles. The van der Waals surface area contributed by atoms with Crippen LogP contribution >= 0.6 is 0 Å². The zero-order valence-electron chi connectivity index (χ0n) is 25.9. The molecule has 0 aromatic heterocycles. The van der Waals surface area contributed by atoms with Gasteiger partial charge in [0.15, 0.2) is 0 Å². The van der Waals surface area contributed by atoms with Gasteiger partial charge in [0, 0.05) is 0 Å². The Bertz CT molecular complexity index is 484. The summed E-state index contributed by atoms with van der Waals surface area (Å²) in [6, 6.07) is 0. The SMILES string of the molecule is CCCC(C)C(C)C(C)CCCCC(CC(C)C)CC(C)(CC)CC(C)(C)C(C)(C)CCC. The van der Waals surface area contributed by atoms with Crippen molar-refractivity contribution in [2.75, 3.05) is 0 Å². The maximum atomic E-state index is 2.61. The molecule has 5 unspecified atom stereocenters. The molecule has 5 atom stereocenters. The second-order valence-electron chi connectivity index (χ2n) is 14.4. The zero-order chi connectivity index (χ0) is 25.9. The van der Waals surface area contributed by atoms with Crippen LogP contribution in [0.15, 0.2) is 0 Å². The fraction of sp³-hybridized carbons (Fsp3) is 1.00. The zero-order valence-corrected chi connectivity index (χ0v) is 25.9. The first-order valence-electron chi connectivity index (χ1n) is 15.1. The summed E-state index contributed by atoms with van der Waals surface area (Å²) < 4.78 is 0.